The number of carbonyl (C=O) groups excluding carboxylic acids is 1. The van der Waals surface area contributed by atoms with Crippen LogP contribution in [0.15, 0.2) is 48.5 Å². The second kappa shape index (κ2) is 10.5. The van der Waals surface area contributed by atoms with Gasteiger partial charge in [0.25, 0.3) is 0 Å². The van der Waals surface area contributed by atoms with Crippen LogP contribution in [0.2, 0.25) is 0 Å². The van der Waals surface area contributed by atoms with Gasteiger partial charge in [-0.2, -0.15) is 0 Å². The van der Waals surface area contributed by atoms with Crippen LogP contribution in [0.1, 0.15) is 67.9 Å². The minimum atomic E-state index is -0.645. The molecular weight excluding hydrogens is 412 g/mol. The minimum Gasteiger partial charge on any atom is -0.394 e. The zero-order valence-electron chi connectivity index (χ0n) is 18.9. The molecule has 0 aliphatic heterocycles. The van der Waals surface area contributed by atoms with Gasteiger partial charge in [0.05, 0.1) is 24.9 Å². The molecule has 0 bridgehead atoms. The van der Waals surface area contributed by atoms with Crippen LogP contribution in [0.5, 0.6) is 0 Å². The zero-order chi connectivity index (χ0) is 23.2. The van der Waals surface area contributed by atoms with Gasteiger partial charge in [0.15, 0.2) is 0 Å². The maximum absolute atomic E-state index is 13.2. The average Bonchev–Trinajstić information content (AvgIpc) is 2.83. The summed E-state index contributed by atoms with van der Waals surface area (Å²) >= 11 is 0. The quantitative estimate of drug-likeness (QED) is 0.566. The lowest BCUT2D eigenvalue weighted by Gasteiger charge is -2.46. The highest BCUT2D eigenvalue weighted by molar-refractivity contribution is 5.73. The van der Waals surface area contributed by atoms with E-state index in [1.807, 2.05) is 25.1 Å². The van der Waals surface area contributed by atoms with Crippen LogP contribution in [-0.4, -0.2) is 29.8 Å². The van der Waals surface area contributed by atoms with Gasteiger partial charge in [-0.15, -0.1) is 0 Å². The molecule has 0 heterocycles. The van der Waals surface area contributed by atoms with Gasteiger partial charge in [0, 0.05) is 12.3 Å². The summed E-state index contributed by atoms with van der Waals surface area (Å²) in [6.07, 6.45) is 2.43. The molecule has 0 saturated heterocycles. The summed E-state index contributed by atoms with van der Waals surface area (Å²) in [5.74, 6) is -0.146. The molecule has 6 heteroatoms. The summed E-state index contributed by atoms with van der Waals surface area (Å²) < 4.78 is 32.8. The first-order chi connectivity index (χ1) is 15.3. The predicted octanol–water partition coefficient (Wildman–Crippen LogP) is 5.08. The molecule has 1 saturated carbocycles. The number of carbonyl (C=O) groups is 1. The second-order valence-corrected chi connectivity index (χ2v) is 9.07. The fourth-order valence-electron chi connectivity index (χ4n) is 4.77. The first-order valence-corrected chi connectivity index (χ1v) is 11.2. The topological polar surface area (TPSA) is 58.6 Å². The number of aliphatic hydroxyl groups is 1. The highest BCUT2D eigenvalue weighted by atomic mass is 19.1. The molecule has 1 atom stereocenters. The Morgan fingerprint density at radius 2 is 1.66 bits per heavy atom. The van der Waals surface area contributed by atoms with Gasteiger partial charge < -0.3 is 15.2 Å². The smallest absolute Gasteiger partial charge is 0.217 e. The van der Waals surface area contributed by atoms with Crippen molar-refractivity contribution < 1.29 is 23.4 Å². The molecular formula is C26H33F2NO3. The van der Waals surface area contributed by atoms with Gasteiger partial charge in [-0.25, -0.2) is 8.78 Å². The molecule has 174 valence electrons. The minimum absolute atomic E-state index is 0.100. The van der Waals surface area contributed by atoms with Crippen LogP contribution < -0.4 is 5.32 Å². The van der Waals surface area contributed by atoms with Gasteiger partial charge in [-0.05, 0) is 54.9 Å². The number of benzene rings is 2. The maximum Gasteiger partial charge on any atom is 0.217 e. The SMILES string of the molecule is CC(=O)NC1(CO)CCC(CO[C@H](C)c2cc(CF)cc(CF)c2)(c2ccccc2)CC1. The third kappa shape index (κ3) is 5.54. The first kappa shape index (κ1) is 24.3. The number of amides is 1. The highest BCUT2D eigenvalue weighted by Crippen LogP contribution is 2.44. The van der Waals surface area contributed by atoms with Crippen LogP contribution in [-0.2, 0) is 28.3 Å². The van der Waals surface area contributed by atoms with Crippen molar-refractivity contribution in [2.24, 2.45) is 0 Å². The van der Waals surface area contributed by atoms with Crippen LogP contribution in [0.3, 0.4) is 0 Å². The van der Waals surface area contributed by atoms with Crippen LogP contribution in [0.4, 0.5) is 8.78 Å². The molecule has 4 nitrogen and oxygen atoms in total. The van der Waals surface area contributed by atoms with E-state index in [4.69, 9.17) is 4.74 Å². The molecule has 0 spiro atoms. The van der Waals surface area contributed by atoms with Crippen molar-refractivity contribution >= 4 is 5.91 Å². The van der Waals surface area contributed by atoms with Crippen molar-refractivity contribution in [3.63, 3.8) is 0 Å². The van der Waals surface area contributed by atoms with Crippen molar-refractivity contribution in [2.45, 2.75) is 69.9 Å². The van der Waals surface area contributed by atoms with E-state index in [1.165, 1.54) is 6.92 Å². The summed E-state index contributed by atoms with van der Waals surface area (Å²) in [5.41, 5.74) is 1.93. The van der Waals surface area contributed by atoms with Crippen molar-refractivity contribution in [1.82, 2.24) is 5.32 Å². The maximum atomic E-state index is 13.2. The van der Waals surface area contributed by atoms with E-state index in [0.29, 0.717) is 30.6 Å². The number of hydrogen-bond donors (Lipinski definition) is 2. The Morgan fingerprint density at radius 3 is 2.16 bits per heavy atom. The predicted molar refractivity (Wildman–Crippen MR) is 121 cm³/mol. The number of rotatable bonds is 9. The molecule has 32 heavy (non-hydrogen) atoms. The Kier molecular flexibility index (Phi) is 8.01. The Labute approximate surface area is 189 Å². The molecule has 1 aliphatic rings. The lowest BCUT2D eigenvalue weighted by Crippen LogP contribution is -2.55. The molecule has 1 amide bonds. The van der Waals surface area contributed by atoms with Gasteiger partial charge in [-0.3, -0.25) is 4.79 Å². The average molecular weight is 446 g/mol. The molecule has 0 aromatic heterocycles. The Balaban J connectivity index is 1.81. The number of alkyl halides is 2. The number of nitrogens with one attached hydrogen (secondary N) is 1. The molecule has 3 rings (SSSR count). The highest BCUT2D eigenvalue weighted by Gasteiger charge is 2.44. The lowest BCUT2D eigenvalue weighted by atomic mass is 9.64. The molecule has 0 radical (unpaired) electrons. The van der Waals surface area contributed by atoms with E-state index in [0.717, 1.165) is 24.0 Å². The summed E-state index contributed by atoms with van der Waals surface area (Å²) in [5, 5.41) is 12.9. The zero-order valence-corrected chi connectivity index (χ0v) is 18.9. The Hall–Kier alpha value is -2.31. The number of aliphatic hydroxyl groups excluding tert-OH is 1. The largest absolute Gasteiger partial charge is 0.394 e. The van der Waals surface area contributed by atoms with E-state index in [2.05, 4.69) is 17.4 Å². The van der Waals surface area contributed by atoms with Gasteiger partial charge in [0.1, 0.15) is 13.3 Å². The van der Waals surface area contributed by atoms with E-state index < -0.39 is 18.9 Å². The normalized spacial score (nSPS) is 24.2. The van der Waals surface area contributed by atoms with Gasteiger partial charge >= 0.3 is 0 Å². The van der Waals surface area contributed by atoms with Crippen LogP contribution in [0.25, 0.3) is 0 Å². The van der Waals surface area contributed by atoms with E-state index in [1.54, 1.807) is 18.2 Å². The molecule has 1 fully saturated rings. The molecule has 2 aromatic carbocycles. The molecule has 2 N–H and O–H groups in total. The van der Waals surface area contributed by atoms with Gasteiger partial charge in [-0.1, -0.05) is 48.5 Å². The standard InChI is InChI=1S/C26H33F2NO3/c1-19(23-13-21(15-27)12-22(14-23)16-28)32-18-25(24-6-4-3-5-7-24)8-10-26(17-30,11-9-25)29-20(2)31/h3-7,12-14,19,30H,8-11,15-18H2,1-2H3,(H,29,31)/t19-,25?,26?/m1/s1. The van der Waals surface area contributed by atoms with Crippen molar-refractivity contribution in [1.29, 1.82) is 0 Å². The van der Waals surface area contributed by atoms with Crippen LogP contribution in [0, 0.1) is 0 Å². The first-order valence-electron chi connectivity index (χ1n) is 11.2. The fraction of sp³-hybridized carbons (Fsp3) is 0.500. The van der Waals surface area contributed by atoms with E-state index in [9.17, 15) is 18.7 Å². The fourth-order valence-corrected chi connectivity index (χ4v) is 4.77. The summed E-state index contributed by atoms with van der Waals surface area (Å²) in [7, 11) is 0. The third-order valence-corrected chi connectivity index (χ3v) is 6.76. The molecule has 1 aliphatic carbocycles. The van der Waals surface area contributed by atoms with Crippen molar-refractivity contribution in [3.05, 3.63) is 70.8 Å². The lowest BCUT2D eigenvalue weighted by molar-refractivity contribution is -0.122. The number of ether oxygens (including phenoxy) is 1. The Bertz CT molecular complexity index is 873. The van der Waals surface area contributed by atoms with Crippen LogP contribution >= 0.6 is 0 Å². The van der Waals surface area contributed by atoms with E-state index in [-0.39, 0.29) is 24.0 Å². The summed E-state index contributed by atoms with van der Waals surface area (Å²) in [6.45, 7) is 2.41. The third-order valence-electron chi connectivity index (χ3n) is 6.76. The number of hydrogen-bond acceptors (Lipinski definition) is 3. The number of halogens is 2. The summed E-state index contributed by atoms with van der Waals surface area (Å²) in [4.78, 5) is 11.7. The second-order valence-electron chi connectivity index (χ2n) is 9.07. The Morgan fingerprint density at radius 1 is 1.06 bits per heavy atom. The van der Waals surface area contributed by atoms with E-state index >= 15 is 0 Å². The van der Waals surface area contributed by atoms with Crippen molar-refractivity contribution in [3.8, 4) is 0 Å². The summed E-state index contributed by atoms with van der Waals surface area (Å²) in [6, 6.07) is 15.1. The molecule has 0 unspecified atom stereocenters. The molecule has 2 aromatic rings. The monoisotopic (exact) mass is 445 g/mol. The van der Waals surface area contributed by atoms with Gasteiger partial charge in [0.2, 0.25) is 5.91 Å². The van der Waals surface area contributed by atoms with Crippen molar-refractivity contribution in [2.75, 3.05) is 13.2 Å².